The van der Waals surface area contributed by atoms with E-state index in [-0.39, 0.29) is 5.91 Å². The van der Waals surface area contributed by atoms with Crippen LogP contribution in [0.2, 0.25) is 4.34 Å². The van der Waals surface area contributed by atoms with Crippen LogP contribution >= 0.6 is 22.9 Å². The molecule has 2 aromatic heterocycles. The van der Waals surface area contributed by atoms with Crippen molar-refractivity contribution in [2.24, 2.45) is 7.05 Å². The molecule has 0 bridgehead atoms. The SMILES string of the molecule is Cn1cc(C=CC(=O)N2CCN(Cc3ccc(Cl)s3)CC2)cn1. The smallest absolute Gasteiger partial charge is 0.246 e. The van der Waals surface area contributed by atoms with E-state index in [1.54, 1.807) is 28.3 Å². The average Bonchev–Trinajstić information content (AvgIpc) is 3.14. The fourth-order valence-corrected chi connectivity index (χ4v) is 3.71. The Morgan fingerprint density at radius 1 is 1.35 bits per heavy atom. The van der Waals surface area contributed by atoms with Crippen molar-refractivity contribution < 1.29 is 4.79 Å². The second-order valence-corrected chi connectivity index (χ2v) is 7.39. The van der Waals surface area contributed by atoms with E-state index in [0.717, 1.165) is 42.6 Å². The Morgan fingerprint density at radius 3 is 2.74 bits per heavy atom. The molecule has 0 atom stereocenters. The van der Waals surface area contributed by atoms with Crippen LogP contribution in [0.1, 0.15) is 10.4 Å². The molecule has 1 aliphatic heterocycles. The molecule has 23 heavy (non-hydrogen) atoms. The van der Waals surface area contributed by atoms with Gasteiger partial charge in [0.1, 0.15) is 0 Å². The molecule has 1 fully saturated rings. The van der Waals surface area contributed by atoms with Crippen molar-refractivity contribution in [3.63, 3.8) is 0 Å². The summed E-state index contributed by atoms with van der Waals surface area (Å²) in [6, 6.07) is 4.01. The van der Waals surface area contributed by atoms with Crippen LogP contribution in [0.5, 0.6) is 0 Å². The van der Waals surface area contributed by atoms with E-state index in [1.165, 1.54) is 4.88 Å². The topological polar surface area (TPSA) is 41.4 Å². The van der Waals surface area contributed by atoms with E-state index in [1.807, 2.05) is 30.3 Å². The summed E-state index contributed by atoms with van der Waals surface area (Å²) in [5.41, 5.74) is 0.939. The second-order valence-electron chi connectivity index (χ2n) is 5.59. The van der Waals surface area contributed by atoms with Crippen LogP contribution in [0.15, 0.2) is 30.6 Å². The van der Waals surface area contributed by atoms with Crippen LogP contribution in [0.4, 0.5) is 0 Å². The number of carbonyl (C=O) groups is 1. The largest absolute Gasteiger partial charge is 0.337 e. The Morgan fingerprint density at radius 2 is 2.13 bits per heavy atom. The van der Waals surface area contributed by atoms with Crippen molar-refractivity contribution in [2.45, 2.75) is 6.54 Å². The Balaban J connectivity index is 1.48. The van der Waals surface area contributed by atoms with Crippen molar-refractivity contribution in [1.82, 2.24) is 19.6 Å². The lowest BCUT2D eigenvalue weighted by molar-refractivity contribution is -0.127. The van der Waals surface area contributed by atoms with Crippen molar-refractivity contribution in [3.05, 3.63) is 45.4 Å². The summed E-state index contributed by atoms with van der Waals surface area (Å²) >= 11 is 7.58. The molecular weight excluding hydrogens is 332 g/mol. The van der Waals surface area contributed by atoms with Crippen LogP contribution < -0.4 is 0 Å². The Hall–Kier alpha value is -1.63. The van der Waals surface area contributed by atoms with Gasteiger partial charge >= 0.3 is 0 Å². The predicted molar refractivity (Wildman–Crippen MR) is 93.4 cm³/mol. The maximum Gasteiger partial charge on any atom is 0.246 e. The molecule has 0 saturated carbocycles. The first-order valence-corrected chi connectivity index (χ1v) is 8.72. The Bertz CT molecular complexity index is 701. The summed E-state index contributed by atoms with van der Waals surface area (Å²) in [4.78, 5) is 17.7. The average molecular weight is 351 g/mol. The lowest BCUT2D eigenvalue weighted by atomic mass is 10.2. The number of amides is 1. The minimum Gasteiger partial charge on any atom is -0.337 e. The standard InChI is InChI=1S/C16H19ClN4OS/c1-19-11-13(10-18-19)2-5-16(22)21-8-6-20(7-9-21)12-14-3-4-15(17)23-14/h2-5,10-11H,6-9,12H2,1H3. The highest BCUT2D eigenvalue weighted by Crippen LogP contribution is 2.23. The van der Waals surface area contributed by atoms with Gasteiger partial charge in [-0.3, -0.25) is 14.4 Å². The zero-order valence-corrected chi connectivity index (χ0v) is 14.6. The van der Waals surface area contributed by atoms with Gasteiger partial charge in [0.2, 0.25) is 5.91 Å². The molecular formula is C16H19ClN4OS. The molecule has 0 aliphatic carbocycles. The van der Waals surface area contributed by atoms with Crippen molar-refractivity contribution in [2.75, 3.05) is 26.2 Å². The Kier molecular flexibility index (Phi) is 5.15. The van der Waals surface area contributed by atoms with E-state index in [2.05, 4.69) is 16.1 Å². The van der Waals surface area contributed by atoms with Gasteiger partial charge in [0.25, 0.3) is 0 Å². The number of carbonyl (C=O) groups excluding carboxylic acids is 1. The molecule has 0 N–H and O–H groups in total. The summed E-state index contributed by atoms with van der Waals surface area (Å²) in [6.45, 7) is 4.21. The van der Waals surface area contributed by atoms with E-state index in [0.29, 0.717) is 0 Å². The minimum atomic E-state index is 0.0627. The maximum atomic E-state index is 12.2. The number of aromatic nitrogens is 2. The molecule has 1 amide bonds. The monoisotopic (exact) mass is 350 g/mol. The Labute approximate surface area is 144 Å². The lowest BCUT2D eigenvalue weighted by Crippen LogP contribution is -2.47. The van der Waals surface area contributed by atoms with Gasteiger partial charge in [0.05, 0.1) is 10.5 Å². The quantitative estimate of drug-likeness (QED) is 0.795. The van der Waals surface area contributed by atoms with Crippen LogP contribution in [0.25, 0.3) is 6.08 Å². The summed E-state index contributed by atoms with van der Waals surface area (Å²) in [5, 5.41) is 4.08. The number of hydrogen-bond donors (Lipinski definition) is 0. The van der Waals surface area contributed by atoms with Gasteiger partial charge in [0, 0.05) is 62.5 Å². The van der Waals surface area contributed by atoms with Crippen molar-refractivity contribution >= 4 is 34.9 Å². The van der Waals surface area contributed by atoms with Crippen LogP contribution in [-0.2, 0) is 18.4 Å². The van der Waals surface area contributed by atoms with Gasteiger partial charge in [-0.05, 0) is 18.2 Å². The van der Waals surface area contributed by atoms with E-state index >= 15 is 0 Å². The zero-order chi connectivity index (χ0) is 16.2. The molecule has 0 unspecified atom stereocenters. The summed E-state index contributed by atoms with van der Waals surface area (Å²) in [7, 11) is 1.86. The third-order valence-corrected chi connectivity index (χ3v) is 5.05. The van der Waals surface area contributed by atoms with Crippen molar-refractivity contribution in [1.29, 1.82) is 0 Å². The van der Waals surface area contributed by atoms with E-state index < -0.39 is 0 Å². The number of piperazine rings is 1. The first kappa shape index (κ1) is 16.2. The van der Waals surface area contributed by atoms with Gasteiger partial charge in [-0.25, -0.2) is 0 Å². The van der Waals surface area contributed by atoms with Gasteiger partial charge < -0.3 is 4.90 Å². The number of thiophene rings is 1. The molecule has 7 heteroatoms. The minimum absolute atomic E-state index is 0.0627. The molecule has 3 rings (SSSR count). The van der Waals surface area contributed by atoms with Crippen molar-refractivity contribution in [3.8, 4) is 0 Å². The number of aryl methyl sites for hydroxylation is 1. The lowest BCUT2D eigenvalue weighted by Gasteiger charge is -2.33. The maximum absolute atomic E-state index is 12.2. The van der Waals surface area contributed by atoms with E-state index in [4.69, 9.17) is 11.6 Å². The van der Waals surface area contributed by atoms with Gasteiger partial charge in [0.15, 0.2) is 0 Å². The number of hydrogen-bond acceptors (Lipinski definition) is 4. The first-order valence-electron chi connectivity index (χ1n) is 7.52. The van der Waals surface area contributed by atoms with Crippen LogP contribution in [0.3, 0.4) is 0 Å². The fraction of sp³-hybridized carbons (Fsp3) is 0.375. The van der Waals surface area contributed by atoms with E-state index in [9.17, 15) is 4.79 Å². The zero-order valence-electron chi connectivity index (χ0n) is 13.0. The highest BCUT2D eigenvalue weighted by Gasteiger charge is 2.20. The number of nitrogens with zero attached hydrogens (tertiary/aromatic N) is 4. The van der Waals surface area contributed by atoms with Gasteiger partial charge in [-0.15, -0.1) is 11.3 Å². The molecule has 0 spiro atoms. The first-order chi connectivity index (χ1) is 11.1. The van der Waals surface area contributed by atoms with Gasteiger partial charge in [-0.2, -0.15) is 5.10 Å². The summed E-state index contributed by atoms with van der Waals surface area (Å²) in [5.74, 6) is 0.0627. The highest BCUT2D eigenvalue weighted by molar-refractivity contribution is 7.16. The number of rotatable bonds is 4. The fourth-order valence-electron chi connectivity index (χ4n) is 2.58. The third kappa shape index (κ3) is 4.43. The molecule has 0 radical (unpaired) electrons. The van der Waals surface area contributed by atoms with Gasteiger partial charge in [-0.1, -0.05) is 11.6 Å². The predicted octanol–water partition coefficient (Wildman–Crippen LogP) is 2.49. The molecule has 0 aromatic carbocycles. The molecule has 122 valence electrons. The second kappa shape index (κ2) is 7.29. The highest BCUT2D eigenvalue weighted by atomic mass is 35.5. The molecule has 1 saturated heterocycles. The summed E-state index contributed by atoms with van der Waals surface area (Å²) in [6.07, 6.45) is 7.07. The number of halogens is 1. The van der Waals surface area contributed by atoms with Crippen LogP contribution in [-0.4, -0.2) is 51.7 Å². The molecule has 1 aliphatic rings. The summed E-state index contributed by atoms with van der Waals surface area (Å²) < 4.78 is 2.55. The third-order valence-electron chi connectivity index (χ3n) is 3.84. The normalized spacial score (nSPS) is 16.3. The van der Waals surface area contributed by atoms with Crippen LogP contribution in [0, 0.1) is 0 Å². The molecule has 3 heterocycles. The molecule has 5 nitrogen and oxygen atoms in total. The molecule has 2 aromatic rings.